The highest BCUT2D eigenvalue weighted by Crippen LogP contribution is 2.35. The van der Waals surface area contributed by atoms with Crippen molar-refractivity contribution in [2.24, 2.45) is 5.92 Å². The van der Waals surface area contributed by atoms with Gasteiger partial charge in [-0.3, -0.25) is 0 Å². The van der Waals surface area contributed by atoms with Gasteiger partial charge in [-0.25, -0.2) is 13.1 Å². The van der Waals surface area contributed by atoms with E-state index in [4.69, 9.17) is 11.6 Å². The van der Waals surface area contributed by atoms with Crippen molar-refractivity contribution in [2.45, 2.75) is 24.7 Å². The number of halogens is 2. The molecule has 1 atom stereocenters. The number of sulfonamides is 1. The first kappa shape index (κ1) is 19.0. The van der Waals surface area contributed by atoms with Crippen molar-refractivity contribution < 1.29 is 8.42 Å². The molecule has 1 aliphatic rings. The maximum atomic E-state index is 12.7. The van der Waals surface area contributed by atoms with E-state index in [1.807, 2.05) is 13.0 Å². The van der Waals surface area contributed by atoms with Crippen LogP contribution in [0, 0.1) is 12.8 Å². The van der Waals surface area contributed by atoms with Gasteiger partial charge in [0.2, 0.25) is 10.0 Å². The van der Waals surface area contributed by atoms with Crippen LogP contribution in [0.2, 0.25) is 5.02 Å². The second-order valence-electron chi connectivity index (χ2n) is 5.67. The lowest BCUT2D eigenvalue weighted by Crippen LogP contribution is -2.27. The predicted molar refractivity (Wildman–Crippen MR) is 99.6 cm³/mol. The van der Waals surface area contributed by atoms with E-state index in [0.29, 0.717) is 27.8 Å². The molecular formula is C15H20Cl2N2O2S2. The largest absolute Gasteiger partial charge is 0.316 e. The van der Waals surface area contributed by atoms with Gasteiger partial charge in [0.25, 0.3) is 0 Å². The van der Waals surface area contributed by atoms with Crippen molar-refractivity contribution in [2.75, 3.05) is 19.6 Å². The van der Waals surface area contributed by atoms with Gasteiger partial charge in [-0.1, -0.05) is 11.6 Å². The van der Waals surface area contributed by atoms with Crippen LogP contribution in [0.1, 0.15) is 17.7 Å². The molecule has 2 heterocycles. The van der Waals surface area contributed by atoms with Gasteiger partial charge >= 0.3 is 0 Å². The highest BCUT2D eigenvalue weighted by molar-refractivity contribution is 7.90. The van der Waals surface area contributed by atoms with Crippen LogP contribution in [0.4, 0.5) is 0 Å². The van der Waals surface area contributed by atoms with E-state index in [2.05, 4.69) is 10.0 Å². The lowest BCUT2D eigenvalue weighted by atomic mass is 10.1. The van der Waals surface area contributed by atoms with Crippen molar-refractivity contribution in [3.05, 3.63) is 28.1 Å². The van der Waals surface area contributed by atoms with Crippen LogP contribution in [-0.2, 0) is 10.0 Å². The summed E-state index contributed by atoms with van der Waals surface area (Å²) in [6.45, 7) is 4.34. The molecule has 4 nitrogen and oxygen atoms in total. The fraction of sp³-hybridized carbons (Fsp3) is 0.467. The third-order valence-corrected chi connectivity index (χ3v) is 7.14. The van der Waals surface area contributed by atoms with Crippen LogP contribution in [-0.4, -0.2) is 28.1 Å². The van der Waals surface area contributed by atoms with Crippen molar-refractivity contribution in [1.82, 2.24) is 10.0 Å². The van der Waals surface area contributed by atoms with E-state index in [1.165, 1.54) is 11.3 Å². The standard InChI is InChI=1S/C15H19ClN2O2S2.ClH/c1-10-15(13-8-12(16)2-3-14(13)21-10)22(19,20)18-7-5-11-4-6-17-9-11;/h2-3,8,11,17-18H,4-7,9H2,1H3;1H. The summed E-state index contributed by atoms with van der Waals surface area (Å²) in [5.41, 5.74) is 0. The Balaban J connectivity index is 0.00000192. The van der Waals surface area contributed by atoms with E-state index in [9.17, 15) is 8.42 Å². The van der Waals surface area contributed by atoms with Crippen molar-refractivity contribution in [3.8, 4) is 0 Å². The van der Waals surface area contributed by atoms with Gasteiger partial charge in [-0.05, 0) is 57.0 Å². The molecule has 0 radical (unpaired) electrons. The summed E-state index contributed by atoms with van der Waals surface area (Å²) in [6, 6.07) is 5.39. The molecular weight excluding hydrogens is 375 g/mol. The number of hydrogen-bond donors (Lipinski definition) is 2. The zero-order chi connectivity index (χ0) is 15.7. The first-order valence-electron chi connectivity index (χ1n) is 7.36. The van der Waals surface area contributed by atoms with Gasteiger partial charge in [0, 0.05) is 26.5 Å². The summed E-state index contributed by atoms with van der Waals surface area (Å²) < 4.78 is 29.0. The summed E-state index contributed by atoms with van der Waals surface area (Å²) >= 11 is 7.51. The Hall–Kier alpha value is -0.370. The molecule has 1 aliphatic heterocycles. The second-order valence-corrected chi connectivity index (χ2v) is 9.07. The zero-order valence-electron chi connectivity index (χ0n) is 12.8. The molecule has 0 saturated carbocycles. The van der Waals surface area contributed by atoms with Gasteiger partial charge < -0.3 is 5.32 Å². The number of aryl methyl sites for hydroxylation is 1. The van der Waals surface area contributed by atoms with Crippen LogP contribution < -0.4 is 10.0 Å². The Kier molecular flexibility index (Phi) is 6.33. The molecule has 3 rings (SSSR count). The van der Waals surface area contributed by atoms with E-state index in [-0.39, 0.29) is 12.4 Å². The van der Waals surface area contributed by atoms with Crippen LogP contribution in [0.25, 0.3) is 10.1 Å². The van der Waals surface area contributed by atoms with Gasteiger partial charge in [0.15, 0.2) is 0 Å². The average Bonchev–Trinajstić information content (AvgIpc) is 3.05. The van der Waals surface area contributed by atoms with Crippen molar-refractivity contribution >= 4 is 55.5 Å². The fourth-order valence-electron chi connectivity index (χ4n) is 2.93. The maximum Gasteiger partial charge on any atom is 0.242 e. The normalized spacial score (nSPS) is 18.3. The van der Waals surface area contributed by atoms with Gasteiger partial charge in [-0.2, -0.15) is 0 Å². The summed E-state index contributed by atoms with van der Waals surface area (Å²) in [4.78, 5) is 1.17. The first-order valence-corrected chi connectivity index (χ1v) is 10.0. The molecule has 2 N–H and O–H groups in total. The molecule has 1 aromatic heterocycles. The van der Waals surface area contributed by atoms with Gasteiger partial charge in [-0.15, -0.1) is 23.7 Å². The second kappa shape index (κ2) is 7.68. The molecule has 1 saturated heterocycles. The molecule has 0 spiro atoms. The minimum Gasteiger partial charge on any atom is -0.316 e. The summed E-state index contributed by atoms with van der Waals surface area (Å²) in [6.07, 6.45) is 1.99. The zero-order valence-corrected chi connectivity index (χ0v) is 16.0. The third-order valence-electron chi connectivity index (χ3n) is 4.04. The Morgan fingerprint density at radius 2 is 2.22 bits per heavy atom. The van der Waals surface area contributed by atoms with Gasteiger partial charge in [0.05, 0.1) is 0 Å². The molecule has 1 unspecified atom stereocenters. The Bertz CT molecular complexity index is 784. The number of nitrogens with one attached hydrogen (secondary N) is 2. The van der Waals surface area contributed by atoms with Crippen molar-refractivity contribution in [1.29, 1.82) is 0 Å². The molecule has 1 aromatic carbocycles. The van der Waals surface area contributed by atoms with Crippen LogP contribution in [0.15, 0.2) is 23.1 Å². The minimum absolute atomic E-state index is 0. The molecule has 2 aromatic rings. The van der Waals surface area contributed by atoms with Crippen LogP contribution in [0.3, 0.4) is 0 Å². The topological polar surface area (TPSA) is 58.2 Å². The minimum atomic E-state index is -3.50. The summed E-state index contributed by atoms with van der Waals surface area (Å²) in [5, 5.41) is 4.56. The molecule has 1 fully saturated rings. The molecule has 23 heavy (non-hydrogen) atoms. The molecule has 0 bridgehead atoms. The SMILES string of the molecule is Cc1sc2ccc(Cl)cc2c1S(=O)(=O)NCCC1CCNC1.Cl. The Morgan fingerprint density at radius 3 is 2.91 bits per heavy atom. The summed E-state index contributed by atoms with van der Waals surface area (Å²) in [5.74, 6) is 0.567. The molecule has 8 heteroatoms. The quantitative estimate of drug-likeness (QED) is 0.814. The average molecular weight is 395 g/mol. The first-order chi connectivity index (χ1) is 10.5. The monoisotopic (exact) mass is 394 g/mol. The van der Waals surface area contributed by atoms with Crippen LogP contribution >= 0.6 is 35.3 Å². The van der Waals surface area contributed by atoms with Gasteiger partial charge in [0.1, 0.15) is 4.90 Å². The van der Waals surface area contributed by atoms with E-state index >= 15 is 0 Å². The van der Waals surface area contributed by atoms with E-state index in [1.54, 1.807) is 12.1 Å². The number of benzene rings is 1. The number of rotatable bonds is 5. The molecule has 128 valence electrons. The number of thiophene rings is 1. The molecule has 0 amide bonds. The van der Waals surface area contributed by atoms with E-state index in [0.717, 1.165) is 35.5 Å². The highest BCUT2D eigenvalue weighted by atomic mass is 35.5. The summed E-state index contributed by atoms with van der Waals surface area (Å²) in [7, 11) is -3.50. The number of hydrogen-bond acceptors (Lipinski definition) is 4. The number of fused-ring (bicyclic) bond motifs is 1. The lowest BCUT2D eigenvalue weighted by Gasteiger charge is -2.10. The van der Waals surface area contributed by atoms with Crippen LogP contribution in [0.5, 0.6) is 0 Å². The Labute approximate surface area is 152 Å². The predicted octanol–water partition coefficient (Wildman–Crippen LogP) is 3.56. The third kappa shape index (κ3) is 4.18. The molecule has 0 aliphatic carbocycles. The Morgan fingerprint density at radius 1 is 1.43 bits per heavy atom. The maximum absolute atomic E-state index is 12.7. The highest BCUT2D eigenvalue weighted by Gasteiger charge is 2.23. The lowest BCUT2D eigenvalue weighted by molar-refractivity contribution is 0.519. The smallest absolute Gasteiger partial charge is 0.242 e. The fourth-order valence-corrected chi connectivity index (χ4v) is 5.93. The van der Waals surface area contributed by atoms with Crippen molar-refractivity contribution in [3.63, 3.8) is 0 Å². The van der Waals surface area contributed by atoms with E-state index < -0.39 is 10.0 Å².